The van der Waals surface area contributed by atoms with Gasteiger partial charge in [0.25, 0.3) is 0 Å². The van der Waals surface area contributed by atoms with E-state index in [1.54, 1.807) is 30.5 Å². The van der Waals surface area contributed by atoms with Crippen LogP contribution in [-0.2, 0) is 11.8 Å². The number of Topliss-reactive ketones (excluding diaryl/α,β-unsaturated/α-hetero) is 1. The van der Waals surface area contributed by atoms with Crippen LogP contribution in [0.4, 0.5) is 0 Å². The van der Waals surface area contributed by atoms with Crippen LogP contribution in [-0.4, -0.2) is 57.3 Å². The molecule has 1 aromatic carbocycles. The number of imidazole rings is 1. The molecule has 6 nitrogen and oxygen atoms in total. The summed E-state index contributed by atoms with van der Waals surface area (Å²) in [6.45, 7) is 2.09. The van der Waals surface area contributed by atoms with Crippen LogP contribution in [0.25, 0.3) is 0 Å². The van der Waals surface area contributed by atoms with E-state index in [0.717, 1.165) is 12.4 Å². The fourth-order valence-corrected chi connectivity index (χ4v) is 3.89. The van der Waals surface area contributed by atoms with Gasteiger partial charge in [0.05, 0.1) is 11.5 Å². The minimum absolute atomic E-state index is 0.000397. The van der Waals surface area contributed by atoms with Gasteiger partial charge in [-0.25, -0.2) is 4.98 Å². The monoisotopic (exact) mass is 392 g/mol. The summed E-state index contributed by atoms with van der Waals surface area (Å²) in [6, 6.07) is 6.73. The lowest BCUT2D eigenvalue weighted by Crippen LogP contribution is -2.50. The third kappa shape index (κ3) is 4.47. The first-order chi connectivity index (χ1) is 12.6. The van der Waals surface area contributed by atoms with Gasteiger partial charge in [0.2, 0.25) is 5.91 Å². The number of aryl methyl sites for hydroxylation is 1. The largest absolute Gasteiger partial charge is 0.336 e. The molecule has 2 aromatic rings. The molecule has 0 spiro atoms. The number of ketones is 1. The standard InChI is InChI=1S/C18H21ClN4O2S/c1-22-8-7-21-18(22)15-10-20-6-9-23(15)17(25)12-26-11-16(24)13-2-4-14(19)5-3-13/h2-5,7-8,15,20H,6,9-12H2,1H3. The molecule has 0 radical (unpaired) electrons. The molecular formula is C18H21ClN4O2S. The number of hydrogen-bond acceptors (Lipinski definition) is 5. The van der Waals surface area contributed by atoms with Crippen LogP contribution >= 0.6 is 23.4 Å². The number of thioether (sulfide) groups is 1. The lowest BCUT2D eigenvalue weighted by atomic mass is 10.1. The zero-order chi connectivity index (χ0) is 18.5. The number of nitrogens with one attached hydrogen (secondary N) is 1. The zero-order valence-electron chi connectivity index (χ0n) is 14.5. The molecule has 1 amide bonds. The van der Waals surface area contributed by atoms with E-state index in [9.17, 15) is 9.59 Å². The number of halogens is 1. The number of carbonyl (C=O) groups is 2. The Labute approximate surface area is 161 Å². The molecule has 1 aromatic heterocycles. The van der Waals surface area contributed by atoms with Crippen molar-refractivity contribution in [1.82, 2.24) is 19.8 Å². The summed E-state index contributed by atoms with van der Waals surface area (Å²) in [7, 11) is 1.93. The second-order valence-corrected chi connectivity index (χ2v) is 7.55. The lowest BCUT2D eigenvalue weighted by molar-refractivity contribution is -0.131. The molecule has 0 bridgehead atoms. The minimum Gasteiger partial charge on any atom is -0.336 e. The first-order valence-electron chi connectivity index (χ1n) is 8.40. The van der Waals surface area contributed by atoms with Gasteiger partial charge in [0.1, 0.15) is 11.9 Å². The van der Waals surface area contributed by atoms with Crippen molar-refractivity contribution in [3.63, 3.8) is 0 Å². The molecule has 0 aliphatic carbocycles. The molecule has 1 saturated heterocycles. The summed E-state index contributed by atoms with van der Waals surface area (Å²) < 4.78 is 1.94. The second kappa shape index (κ2) is 8.70. The molecular weight excluding hydrogens is 372 g/mol. The first kappa shape index (κ1) is 18.9. The third-order valence-electron chi connectivity index (χ3n) is 4.35. The van der Waals surface area contributed by atoms with Crippen LogP contribution in [0.3, 0.4) is 0 Å². The Kier molecular flexibility index (Phi) is 6.34. The van der Waals surface area contributed by atoms with Gasteiger partial charge in [-0.1, -0.05) is 11.6 Å². The maximum atomic E-state index is 12.7. The number of nitrogens with zero attached hydrogens (tertiary/aromatic N) is 3. The Bertz CT molecular complexity index is 778. The molecule has 1 atom stereocenters. The van der Waals surface area contributed by atoms with E-state index < -0.39 is 0 Å². The van der Waals surface area contributed by atoms with Crippen molar-refractivity contribution in [2.75, 3.05) is 31.1 Å². The average molecular weight is 393 g/mol. The predicted molar refractivity (Wildman–Crippen MR) is 104 cm³/mol. The Hall–Kier alpha value is -1.83. The van der Waals surface area contributed by atoms with E-state index in [2.05, 4.69) is 10.3 Å². The Morgan fingerprint density at radius 1 is 1.31 bits per heavy atom. The van der Waals surface area contributed by atoms with E-state index in [1.807, 2.05) is 22.7 Å². The van der Waals surface area contributed by atoms with Crippen LogP contribution in [0.1, 0.15) is 22.2 Å². The lowest BCUT2D eigenvalue weighted by Gasteiger charge is -2.35. The Balaban J connectivity index is 1.55. The van der Waals surface area contributed by atoms with Crippen LogP contribution in [0.2, 0.25) is 5.02 Å². The number of rotatable bonds is 6. The molecule has 1 aliphatic rings. The van der Waals surface area contributed by atoms with Crippen molar-refractivity contribution in [1.29, 1.82) is 0 Å². The summed E-state index contributed by atoms with van der Waals surface area (Å²) in [5, 5.41) is 3.92. The van der Waals surface area contributed by atoms with Gasteiger partial charge in [-0.05, 0) is 24.3 Å². The van der Waals surface area contributed by atoms with Crippen molar-refractivity contribution in [2.24, 2.45) is 7.05 Å². The van der Waals surface area contributed by atoms with Crippen LogP contribution in [0, 0.1) is 0 Å². The minimum atomic E-state index is -0.0798. The first-order valence-corrected chi connectivity index (χ1v) is 9.93. The SMILES string of the molecule is Cn1ccnc1C1CNCCN1C(=O)CSCC(=O)c1ccc(Cl)cc1. The molecule has 3 rings (SSSR count). The fraction of sp³-hybridized carbons (Fsp3) is 0.389. The molecule has 2 heterocycles. The van der Waals surface area contributed by atoms with E-state index >= 15 is 0 Å². The van der Waals surface area contributed by atoms with Crippen molar-refractivity contribution in [3.8, 4) is 0 Å². The summed E-state index contributed by atoms with van der Waals surface area (Å²) in [5.41, 5.74) is 0.613. The van der Waals surface area contributed by atoms with Crippen molar-refractivity contribution >= 4 is 35.1 Å². The van der Waals surface area contributed by atoms with E-state index in [-0.39, 0.29) is 29.2 Å². The van der Waals surface area contributed by atoms with Gasteiger partial charge >= 0.3 is 0 Å². The molecule has 8 heteroatoms. The van der Waals surface area contributed by atoms with E-state index in [0.29, 0.717) is 23.7 Å². The molecule has 1 unspecified atom stereocenters. The smallest absolute Gasteiger partial charge is 0.233 e. The number of benzene rings is 1. The molecule has 138 valence electrons. The van der Waals surface area contributed by atoms with Crippen molar-refractivity contribution in [3.05, 3.63) is 53.1 Å². The number of amides is 1. The molecule has 0 saturated carbocycles. The van der Waals surface area contributed by atoms with Crippen LogP contribution in [0.15, 0.2) is 36.7 Å². The molecule has 1 fully saturated rings. The topological polar surface area (TPSA) is 67.2 Å². The average Bonchev–Trinajstić information content (AvgIpc) is 3.08. The highest BCUT2D eigenvalue weighted by Crippen LogP contribution is 2.22. The van der Waals surface area contributed by atoms with Gasteiger partial charge in [0, 0.05) is 49.7 Å². The highest BCUT2D eigenvalue weighted by atomic mass is 35.5. The van der Waals surface area contributed by atoms with Crippen LogP contribution in [0.5, 0.6) is 0 Å². The molecule has 1 aliphatic heterocycles. The van der Waals surface area contributed by atoms with Gasteiger partial charge in [0.15, 0.2) is 5.78 Å². The number of aromatic nitrogens is 2. The quantitative estimate of drug-likeness (QED) is 0.763. The highest BCUT2D eigenvalue weighted by molar-refractivity contribution is 8.00. The molecule has 1 N–H and O–H groups in total. The van der Waals surface area contributed by atoms with Gasteiger partial charge in [-0.2, -0.15) is 0 Å². The van der Waals surface area contributed by atoms with Gasteiger partial charge < -0.3 is 14.8 Å². The van der Waals surface area contributed by atoms with Crippen molar-refractivity contribution in [2.45, 2.75) is 6.04 Å². The van der Waals surface area contributed by atoms with E-state index in [4.69, 9.17) is 11.6 Å². The predicted octanol–water partition coefficient (Wildman–Crippen LogP) is 2.16. The number of piperazine rings is 1. The van der Waals surface area contributed by atoms with Gasteiger partial charge in [-0.15, -0.1) is 11.8 Å². The van der Waals surface area contributed by atoms with Crippen molar-refractivity contribution < 1.29 is 9.59 Å². The zero-order valence-corrected chi connectivity index (χ0v) is 16.1. The maximum Gasteiger partial charge on any atom is 0.233 e. The summed E-state index contributed by atoms with van der Waals surface area (Å²) in [6.07, 6.45) is 3.62. The van der Waals surface area contributed by atoms with Gasteiger partial charge in [-0.3, -0.25) is 9.59 Å². The summed E-state index contributed by atoms with van der Waals surface area (Å²) in [4.78, 5) is 31.1. The highest BCUT2D eigenvalue weighted by Gasteiger charge is 2.30. The maximum absolute atomic E-state index is 12.7. The molecule has 26 heavy (non-hydrogen) atoms. The number of carbonyl (C=O) groups excluding carboxylic acids is 2. The normalized spacial score (nSPS) is 17.3. The summed E-state index contributed by atoms with van der Waals surface area (Å²) >= 11 is 7.18. The van der Waals surface area contributed by atoms with Crippen LogP contribution < -0.4 is 5.32 Å². The fourth-order valence-electron chi connectivity index (χ4n) is 2.96. The third-order valence-corrected chi connectivity index (χ3v) is 5.51. The second-order valence-electron chi connectivity index (χ2n) is 6.13. The Morgan fingerprint density at radius 2 is 2.08 bits per heavy atom. The number of hydrogen-bond donors (Lipinski definition) is 1. The Morgan fingerprint density at radius 3 is 2.77 bits per heavy atom. The summed E-state index contributed by atoms with van der Waals surface area (Å²) in [5.74, 6) is 1.45. The van der Waals surface area contributed by atoms with E-state index in [1.165, 1.54) is 11.8 Å².